The van der Waals surface area contributed by atoms with Crippen LogP contribution in [0.15, 0.2) is 24.3 Å². The van der Waals surface area contributed by atoms with E-state index < -0.39 is 12.2 Å². The van der Waals surface area contributed by atoms with Gasteiger partial charge in [0.05, 0.1) is 12.7 Å². The molecular formula is C20H31NO4. The maximum absolute atomic E-state index is 12.8. The van der Waals surface area contributed by atoms with Crippen molar-refractivity contribution >= 4 is 5.91 Å². The molecule has 140 valence electrons. The Hall–Kier alpha value is -1.43. The van der Waals surface area contributed by atoms with Gasteiger partial charge >= 0.3 is 0 Å². The zero-order valence-electron chi connectivity index (χ0n) is 15.2. The molecule has 1 aliphatic heterocycles. The number of ether oxygens (including phenoxy) is 1. The fourth-order valence-corrected chi connectivity index (χ4v) is 3.03. The first-order chi connectivity index (χ1) is 12.1. The predicted octanol–water partition coefficient (Wildman–Crippen LogP) is 2.53. The Morgan fingerprint density at radius 2 is 1.68 bits per heavy atom. The standard InChI is InChI=1S/C20H31NO4/c1-16-7-9-17(10-8-16)20(24)21-12-5-3-2-4-6-14-25-15-19(23)18(22)11-13-21/h7-10,18-19,22-23H,2-6,11-15H2,1H3/t18-,19+/m0/s1. The van der Waals surface area contributed by atoms with E-state index in [1.807, 2.05) is 31.2 Å². The largest absolute Gasteiger partial charge is 0.390 e. The molecule has 1 saturated heterocycles. The SMILES string of the molecule is Cc1ccc(C(=O)N2CCCCCCCOC[C@@H](O)[C@@H](O)CC2)cc1. The molecule has 1 aromatic rings. The minimum absolute atomic E-state index is 0.00923. The maximum Gasteiger partial charge on any atom is 0.253 e. The number of carbonyl (C=O) groups excluding carboxylic acids is 1. The van der Waals surface area contributed by atoms with Crippen LogP contribution in [-0.4, -0.2) is 59.5 Å². The Kier molecular flexibility index (Phi) is 8.38. The van der Waals surface area contributed by atoms with Crippen molar-refractivity contribution in [3.05, 3.63) is 35.4 Å². The van der Waals surface area contributed by atoms with E-state index in [2.05, 4.69) is 0 Å². The van der Waals surface area contributed by atoms with Crippen molar-refractivity contribution in [1.29, 1.82) is 0 Å². The van der Waals surface area contributed by atoms with Gasteiger partial charge in [0.2, 0.25) is 0 Å². The molecule has 1 aromatic carbocycles. The highest BCUT2D eigenvalue weighted by molar-refractivity contribution is 5.94. The summed E-state index contributed by atoms with van der Waals surface area (Å²) in [5, 5.41) is 20.1. The van der Waals surface area contributed by atoms with Crippen LogP contribution in [0.4, 0.5) is 0 Å². The van der Waals surface area contributed by atoms with Gasteiger partial charge in [0.1, 0.15) is 6.10 Å². The van der Waals surface area contributed by atoms with E-state index in [4.69, 9.17) is 4.74 Å². The second-order valence-corrected chi connectivity index (χ2v) is 6.92. The van der Waals surface area contributed by atoms with Crippen molar-refractivity contribution in [2.45, 2.75) is 57.7 Å². The van der Waals surface area contributed by atoms with Crippen molar-refractivity contribution in [1.82, 2.24) is 4.90 Å². The molecule has 0 bridgehead atoms. The molecule has 2 atom stereocenters. The fourth-order valence-electron chi connectivity index (χ4n) is 3.03. The lowest BCUT2D eigenvalue weighted by atomic mass is 10.1. The van der Waals surface area contributed by atoms with Crippen molar-refractivity contribution in [2.24, 2.45) is 0 Å². The van der Waals surface area contributed by atoms with Crippen LogP contribution in [0.1, 0.15) is 54.4 Å². The Bertz CT molecular complexity index is 517. The summed E-state index contributed by atoms with van der Waals surface area (Å²) in [4.78, 5) is 14.6. The number of aryl methyl sites for hydroxylation is 1. The lowest BCUT2D eigenvalue weighted by molar-refractivity contribution is -0.0434. The van der Waals surface area contributed by atoms with Crippen molar-refractivity contribution in [3.63, 3.8) is 0 Å². The van der Waals surface area contributed by atoms with Crippen LogP contribution >= 0.6 is 0 Å². The summed E-state index contributed by atoms with van der Waals surface area (Å²) in [6.07, 6.45) is 3.79. The first-order valence-electron chi connectivity index (χ1n) is 9.38. The quantitative estimate of drug-likeness (QED) is 0.817. The monoisotopic (exact) mass is 349 g/mol. The van der Waals surface area contributed by atoms with Crippen LogP contribution in [0, 0.1) is 6.92 Å². The second kappa shape index (κ2) is 10.5. The van der Waals surface area contributed by atoms with Gasteiger partial charge in [-0.25, -0.2) is 0 Å². The minimum atomic E-state index is -0.903. The topological polar surface area (TPSA) is 70.0 Å². The molecule has 2 N–H and O–H groups in total. The van der Waals surface area contributed by atoms with Crippen LogP contribution in [0.25, 0.3) is 0 Å². The predicted molar refractivity (Wildman–Crippen MR) is 97.6 cm³/mol. The van der Waals surface area contributed by atoms with Gasteiger partial charge in [-0.1, -0.05) is 37.0 Å². The van der Waals surface area contributed by atoms with Gasteiger partial charge in [0.25, 0.3) is 5.91 Å². The molecule has 0 aliphatic carbocycles. The highest BCUT2D eigenvalue weighted by Crippen LogP contribution is 2.13. The summed E-state index contributed by atoms with van der Waals surface area (Å²) in [6, 6.07) is 7.57. The molecule has 2 rings (SSSR count). The number of benzene rings is 1. The molecular weight excluding hydrogens is 318 g/mol. The van der Waals surface area contributed by atoms with Gasteiger partial charge in [-0.15, -0.1) is 0 Å². The Morgan fingerprint density at radius 3 is 2.44 bits per heavy atom. The molecule has 1 heterocycles. The summed E-state index contributed by atoms with van der Waals surface area (Å²) in [5.41, 5.74) is 1.79. The van der Waals surface area contributed by atoms with E-state index in [1.165, 1.54) is 0 Å². The lowest BCUT2D eigenvalue weighted by Gasteiger charge is -2.26. The molecule has 1 aliphatic rings. The highest BCUT2D eigenvalue weighted by Gasteiger charge is 2.21. The Morgan fingerprint density at radius 1 is 1.00 bits per heavy atom. The molecule has 5 nitrogen and oxygen atoms in total. The third-order valence-electron chi connectivity index (χ3n) is 4.73. The number of rotatable bonds is 1. The first-order valence-corrected chi connectivity index (χ1v) is 9.38. The van der Waals surface area contributed by atoms with Crippen molar-refractivity contribution in [3.8, 4) is 0 Å². The smallest absolute Gasteiger partial charge is 0.253 e. The molecule has 0 aromatic heterocycles. The minimum Gasteiger partial charge on any atom is -0.390 e. The number of aliphatic hydroxyl groups excluding tert-OH is 2. The Balaban J connectivity index is 2.01. The number of carbonyl (C=O) groups is 1. The number of nitrogens with zero attached hydrogens (tertiary/aromatic N) is 1. The molecule has 0 spiro atoms. The van der Waals surface area contributed by atoms with Gasteiger partial charge < -0.3 is 19.8 Å². The molecule has 0 radical (unpaired) electrons. The number of hydrogen-bond donors (Lipinski definition) is 2. The number of aliphatic hydroxyl groups is 2. The maximum atomic E-state index is 12.8. The van der Waals surface area contributed by atoms with E-state index in [-0.39, 0.29) is 12.5 Å². The highest BCUT2D eigenvalue weighted by atomic mass is 16.5. The molecule has 1 fully saturated rings. The van der Waals surface area contributed by atoms with E-state index >= 15 is 0 Å². The van der Waals surface area contributed by atoms with Crippen LogP contribution < -0.4 is 0 Å². The first kappa shape index (κ1) is 19.9. The van der Waals surface area contributed by atoms with E-state index in [1.54, 1.807) is 4.90 Å². The van der Waals surface area contributed by atoms with Gasteiger partial charge in [0, 0.05) is 25.3 Å². The number of hydrogen-bond acceptors (Lipinski definition) is 4. The summed E-state index contributed by atoms with van der Waals surface area (Å²) in [5.74, 6) is -0.00923. The summed E-state index contributed by atoms with van der Waals surface area (Å²) in [6.45, 7) is 3.89. The molecule has 0 saturated carbocycles. The zero-order valence-corrected chi connectivity index (χ0v) is 15.2. The molecule has 0 unspecified atom stereocenters. The van der Waals surface area contributed by atoms with Gasteiger partial charge in [-0.05, 0) is 38.3 Å². The summed E-state index contributed by atoms with van der Waals surface area (Å²) < 4.78 is 5.43. The third kappa shape index (κ3) is 6.77. The third-order valence-corrected chi connectivity index (χ3v) is 4.73. The molecule has 25 heavy (non-hydrogen) atoms. The van der Waals surface area contributed by atoms with Gasteiger partial charge in [-0.3, -0.25) is 4.79 Å². The molecule has 5 heteroatoms. The van der Waals surface area contributed by atoms with E-state index in [0.717, 1.165) is 37.7 Å². The van der Waals surface area contributed by atoms with E-state index in [0.29, 0.717) is 31.7 Å². The fraction of sp³-hybridized carbons (Fsp3) is 0.650. The van der Waals surface area contributed by atoms with Crippen molar-refractivity contribution < 1.29 is 19.7 Å². The Labute approximate surface area is 150 Å². The summed E-state index contributed by atoms with van der Waals surface area (Å²) in [7, 11) is 0. The van der Waals surface area contributed by atoms with E-state index in [9.17, 15) is 15.0 Å². The van der Waals surface area contributed by atoms with Crippen LogP contribution in [0.3, 0.4) is 0 Å². The van der Waals surface area contributed by atoms with Gasteiger partial charge in [-0.2, -0.15) is 0 Å². The average molecular weight is 349 g/mol. The summed E-state index contributed by atoms with van der Waals surface area (Å²) >= 11 is 0. The van der Waals surface area contributed by atoms with Crippen LogP contribution in [-0.2, 0) is 4.74 Å². The zero-order chi connectivity index (χ0) is 18.1. The van der Waals surface area contributed by atoms with Crippen LogP contribution in [0.5, 0.6) is 0 Å². The molecule has 1 amide bonds. The average Bonchev–Trinajstić information content (AvgIpc) is 2.61. The lowest BCUT2D eigenvalue weighted by Crippen LogP contribution is -2.38. The van der Waals surface area contributed by atoms with Crippen molar-refractivity contribution in [2.75, 3.05) is 26.3 Å². The second-order valence-electron chi connectivity index (χ2n) is 6.92. The van der Waals surface area contributed by atoms with Crippen LogP contribution in [0.2, 0.25) is 0 Å². The number of amides is 1. The normalized spacial score (nSPS) is 24.5. The van der Waals surface area contributed by atoms with Gasteiger partial charge in [0.15, 0.2) is 0 Å².